The molecular formula is C14H15N5O2. The van der Waals surface area contributed by atoms with Crippen LogP contribution in [0.1, 0.15) is 16.8 Å². The van der Waals surface area contributed by atoms with E-state index in [-0.39, 0.29) is 18.4 Å². The predicted molar refractivity (Wildman–Crippen MR) is 75.3 cm³/mol. The molecule has 1 aliphatic heterocycles. The van der Waals surface area contributed by atoms with Crippen LogP contribution in [0.25, 0.3) is 11.3 Å². The maximum atomic E-state index is 12.6. The van der Waals surface area contributed by atoms with E-state index in [1.54, 1.807) is 29.4 Å². The Kier molecular flexibility index (Phi) is 3.63. The lowest BCUT2D eigenvalue weighted by Crippen LogP contribution is -2.37. The Labute approximate surface area is 121 Å². The van der Waals surface area contributed by atoms with E-state index in [1.807, 2.05) is 0 Å². The lowest BCUT2D eigenvalue weighted by atomic mass is 10.1. The molecular weight excluding hydrogens is 270 g/mol. The zero-order valence-electron chi connectivity index (χ0n) is 11.4. The van der Waals surface area contributed by atoms with Crippen LogP contribution in [0.5, 0.6) is 0 Å². The number of carbonyl (C=O) groups excluding carboxylic acids is 2. The number of aromatic nitrogens is 3. The van der Waals surface area contributed by atoms with E-state index < -0.39 is 0 Å². The average molecular weight is 285 g/mol. The number of pyridine rings is 1. The van der Waals surface area contributed by atoms with Crippen molar-refractivity contribution in [1.29, 1.82) is 0 Å². The van der Waals surface area contributed by atoms with E-state index in [4.69, 9.17) is 0 Å². The maximum absolute atomic E-state index is 12.6. The minimum Gasteiger partial charge on any atom is -0.354 e. The van der Waals surface area contributed by atoms with Gasteiger partial charge < -0.3 is 10.2 Å². The van der Waals surface area contributed by atoms with Crippen LogP contribution in [0.15, 0.2) is 30.7 Å². The van der Waals surface area contributed by atoms with Gasteiger partial charge in [-0.3, -0.25) is 19.7 Å². The number of hydrogen-bond acceptors (Lipinski definition) is 4. The highest BCUT2D eigenvalue weighted by Crippen LogP contribution is 2.21. The molecule has 7 heteroatoms. The molecule has 7 nitrogen and oxygen atoms in total. The number of nitrogens with one attached hydrogen (secondary N) is 2. The summed E-state index contributed by atoms with van der Waals surface area (Å²) >= 11 is 0. The van der Waals surface area contributed by atoms with Gasteiger partial charge in [0.1, 0.15) is 0 Å². The zero-order chi connectivity index (χ0) is 14.7. The molecule has 1 saturated heterocycles. The van der Waals surface area contributed by atoms with Gasteiger partial charge in [0.25, 0.3) is 5.91 Å². The molecule has 0 radical (unpaired) electrons. The third kappa shape index (κ3) is 2.76. The Morgan fingerprint density at radius 1 is 1.29 bits per heavy atom. The molecule has 2 aromatic heterocycles. The summed E-state index contributed by atoms with van der Waals surface area (Å²) in [6.45, 7) is 1.24. The molecule has 0 bridgehead atoms. The third-order valence-electron chi connectivity index (χ3n) is 3.39. The number of nitrogens with zero attached hydrogens (tertiary/aromatic N) is 3. The van der Waals surface area contributed by atoms with Gasteiger partial charge in [-0.25, -0.2) is 0 Å². The van der Waals surface area contributed by atoms with Gasteiger partial charge >= 0.3 is 0 Å². The Balaban J connectivity index is 1.89. The Morgan fingerprint density at radius 3 is 2.90 bits per heavy atom. The standard InChI is InChI=1S/C14H15N5O2/c20-12-9-19(7-1-4-16-12)14(21)11-8-17-18-13(11)10-2-5-15-6-3-10/h2-3,5-6,8H,1,4,7,9H2,(H,16,20)(H,17,18). The molecule has 1 aliphatic rings. The van der Waals surface area contributed by atoms with Crippen LogP contribution in [0.2, 0.25) is 0 Å². The topological polar surface area (TPSA) is 91.0 Å². The fraction of sp³-hybridized carbons (Fsp3) is 0.286. The van der Waals surface area contributed by atoms with E-state index in [9.17, 15) is 9.59 Å². The largest absolute Gasteiger partial charge is 0.354 e. The number of hydrogen-bond donors (Lipinski definition) is 2. The molecule has 3 rings (SSSR count). The molecule has 21 heavy (non-hydrogen) atoms. The molecule has 0 atom stereocenters. The number of carbonyl (C=O) groups is 2. The van der Waals surface area contributed by atoms with Crippen molar-refractivity contribution in [2.45, 2.75) is 6.42 Å². The molecule has 3 heterocycles. The second-order valence-corrected chi connectivity index (χ2v) is 4.82. The highest BCUT2D eigenvalue weighted by atomic mass is 16.2. The molecule has 0 unspecified atom stereocenters. The first-order valence-electron chi connectivity index (χ1n) is 6.75. The fourth-order valence-corrected chi connectivity index (χ4v) is 2.34. The van der Waals surface area contributed by atoms with Gasteiger partial charge in [0, 0.05) is 31.0 Å². The first kappa shape index (κ1) is 13.3. The van der Waals surface area contributed by atoms with Crippen LogP contribution in [0, 0.1) is 0 Å². The van der Waals surface area contributed by atoms with Gasteiger partial charge in [0.05, 0.1) is 24.0 Å². The van der Waals surface area contributed by atoms with Gasteiger partial charge in [-0.1, -0.05) is 0 Å². The zero-order valence-corrected chi connectivity index (χ0v) is 11.4. The second kappa shape index (κ2) is 5.74. The second-order valence-electron chi connectivity index (χ2n) is 4.82. The predicted octanol–water partition coefficient (Wildman–Crippen LogP) is 0.434. The number of rotatable bonds is 2. The van der Waals surface area contributed by atoms with Gasteiger partial charge in [-0.05, 0) is 18.6 Å². The summed E-state index contributed by atoms with van der Waals surface area (Å²) in [6, 6.07) is 3.61. The van der Waals surface area contributed by atoms with Gasteiger partial charge in [-0.2, -0.15) is 5.10 Å². The summed E-state index contributed by atoms with van der Waals surface area (Å²) in [6.07, 6.45) is 5.56. The number of amides is 2. The minimum atomic E-state index is -0.187. The Hall–Kier alpha value is -2.70. The summed E-state index contributed by atoms with van der Waals surface area (Å²) in [5.41, 5.74) is 1.95. The molecule has 2 amide bonds. The molecule has 0 aliphatic carbocycles. The van der Waals surface area contributed by atoms with Crippen LogP contribution in [0.3, 0.4) is 0 Å². The summed E-state index contributed by atoms with van der Waals surface area (Å²) in [4.78, 5) is 29.7. The van der Waals surface area contributed by atoms with Crippen molar-refractivity contribution < 1.29 is 9.59 Å². The smallest absolute Gasteiger partial charge is 0.258 e. The van der Waals surface area contributed by atoms with Gasteiger partial charge in [0.15, 0.2) is 0 Å². The summed E-state index contributed by atoms with van der Waals surface area (Å²) in [5.74, 6) is -0.317. The van der Waals surface area contributed by atoms with E-state index in [1.165, 1.54) is 6.20 Å². The van der Waals surface area contributed by atoms with E-state index in [0.717, 1.165) is 12.0 Å². The highest BCUT2D eigenvalue weighted by Gasteiger charge is 2.24. The first-order chi connectivity index (χ1) is 10.3. The number of H-pyrrole nitrogens is 1. The van der Waals surface area contributed by atoms with Crippen molar-refractivity contribution in [3.63, 3.8) is 0 Å². The SMILES string of the molecule is O=C1CN(C(=O)c2cn[nH]c2-c2ccncc2)CCCN1. The summed E-state index contributed by atoms with van der Waals surface area (Å²) in [5, 5.41) is 9.56. The summed E-state index contributed by atoms with van der Waals surface area (Å²) in [7, 11) is 0. The first-order valence-corrected chi connectivity index (χ1v) is 6.75. The Morgan fingerprint density at radius 2 is 2.10 bits per heavy atom. The van der Waals surface area contributed by atoms with Crippen molar-refractivity contribution in [1.82, 2.24) is 25.4 Å². The fourth-order valence-electron chi connectivity index (χ4n) is 2.34. The Bertz CT molecular complexity index is 652. The number of aromatic amines is 1. The molecule has 0 saturated carbocycles. The van der Waals surface area contributed by atoms with Crippen LogP contribution < -0.4 is 5.32 Å². The van der Waals surface area contributed by atoms with Gasteiger partial charge in [-0.15, -0.1) is 0 Å². The van der Waals surface area contributed by atoms with E-state index in [0.29, 0.717) is 24.3 Å². The lowest BCUT2D eigenvalue weighted by Gasteiger charge is -2.18. The normalized spacial score (nSPS) is 15.4. The van der Waals surface area contributed by atoms with Crippen molar-refractivity contribution in [3.8, 4) is 11.3 Å². The third-order valence-corrected chi connectivity index (χ3v) is 3.39. The quantitative estimate of drug-likeness (QED) is 0.837. The molecule has 1 fully saturated rings. The summed E-state index contributed by atoms with van der Waals surface area (Å²) < 4.78 is 0. The van der Waals surface area contributed by atoms with Crippen LogP contribution in [-0.2, 0) is 4.79 Å². The van der Waals surface area contributed by atoms with Crippen molar-refractivity contribution in [2.24, 2.45) is 0 Å². The van der Waals surface area contributed by atoms with Crippen LogP contribution in [-0.4, -0.2) is 51.5 Å². The highest BCUT2D eigenvalue weighted by molar-refractivity contribution is 6.01. The maximum Gasteiger partial charge on any atom is 0.258 e. The molecule has 2 N–H and O–H groups in total. The molecule has 108 valence electrons. The van der Waals surface area contributed by atoms with Crippen molar-refractivity contribution in [3.05, 3.63) is 36.3 Å². The van der Waals surface area contributed by atoms with Gasteiger partial charge in [0.2, 0.25) is 5.91 Å². The van der Waals surface area contributed by atoms with Crippen molar-refractivity contribution >= 4 is 11.8 Å². The van der Waals surface area contributed by atoms with E-state index in [2.05, 4.69) is 20.5 Å². The molecule has 2 aromatic rings. The monoisotopic (exact) mass is 285 g/mol. The molecule has 0 aromatic carbocycles. The van der Waals surface area contributed by atoms with E-state index >= 15 is 0 Å². The van der Waals surface area contributed by atoms with Crippen molar-refractivity contribution in [2.75, 3.05) is 19.6 Å². The van der Waals surface area contributed by atoms with Crippen LogP contribution >= 0.6 is 0 Å². The minimum absolute atomic E-state index is 0.0831. The molecule has 0 spiro atoms. The van der Waals surface area contributed by atoms with Crippen LogP contribution in [0.4, 0.5) is 0 Å². The average Bonchev–Trinajstić information content (AvgIpc) is 2.90. The lowest BCUT2D eigenvalue weighted by molar-refractivity contribution is -0.121.